The van der Waals surface area contributed by atoms with Gasteiger partial charge < -0.3 is 10.3 Å². The first-order valence-corrected chi connectivity index (χ1v) is 7.10. The molecule has 3 rings (SSSR count). The highest BCUT2D eigenvalue weighted by Crippen LogP contribution is 2.52. The zero-order chi connectivity index (χ0) is 17.8. The Balaban J connectivity index is 2.25. The lowest BCUT2D eigenvalue weighted by atomic mass is 9.87. The first-order valence-electron chi connectivity index (χ1n) is 7.10. The van der Waals surface area contributed by atoms with Crippen LogP contribution in [0.3, 0.4) is 0 Å². The second-order valence-corrected chi connectivity index (χ2v) is 5.76. The molecule has 130 valence electrons. The molecule has 1 aromatic carbocycles. The van der Waals surface area contributed by atoms with Crippen LogP contribution in [0.25, 0.3) is 10.9 Å². The maximum atomic E-state index is 13.7. The van der Waals surface area contributed by atoms with Crippen LogP contribution in [0.1, 0.15) is 18.4 Å². The molecule has 0 atom stereocenters. The number of aromatic nitrogens is 1. The van der Waals surface area contributed by atoms with Gasteiger partial charge in [0.25, 0.3) is 5.54 Å². The van der Waals surface area contributed by atoms with Gasteiger partial charge in [-0.25, -0.2) is 0 Å². The van der Waals surface area contributed by atoms with Crippen molar-refractivity contribution in [1.29, 1.82) is 0 Å². The molecule has 24 heavy (non-hydrogen) atoms. The van der Waals surface area contributed by atoms with Gasteiger partial charge >= 0.3 is 12.4 Å². The Kier molecular flexibility index (Phi) is 3.58. The van der Waals surface area contributed by atoms with Crippen LogP contribution in [-0.2, 0) is 10.3 Å². The highest BCUT2D eigenvalue weighted by atomic mass is 19.4. The number of rotatable bonds is 3. The summed E-state index contributed by atoms with van der Waals surface area (Å²) in [7, 11) is 0. The van der Waals surface area contributed by atoms with Crippen molar-refractivity contribution in [2.45, 2.75) is 30.7 Å². The molecule has 1 aliphatic carbocycles. The predicted molar refractivity (Wildman–Crippen MR) is 73.0 cm³/mol. The molecule has 1 aromatic heterocycles. The fourth-order valence-electron chi connectivity index (χ4n) is 2.69. The van der Waals surface area contributed by atoms with Crippen LogP contribution in [0.5, 0.6) is 0 Å². The Labute approximate surface area is 132 Å². The number of carbonyl (C=O) groups excluding carboxylic acids is 1. The van der Waals surface area contributed by atoms with Gasteiger partial charge in [0.1, 0.15) is 0 Å². The van der Waals surface area contributed by atoms with Crippen molar-refractivity contribution < 1.29 is 31.1 Å². The maximum Gasteiger partial charge on any atom is 0.424 e. The molecule has 0 bridgehead atoms. The Morgan fingerprint density at radius 1 is 1.04 bits per heavy atom. The van der Waals surface area contributed by atoms with E-state index in [1.54, 1.807) is 0 Å². The first-order chi connectivity index (χ1) is 11.1. The first kappa shape index (κ1) is 16.7. The van der Waals surface area contributed by atoms with E-state index in [9.17, 15) is 31.1 Å². The Morgan fingerprint density at radius 2 is 1.62 bits per heavy atom. The van der Waals surface area contributed by atoms with Gasteiger partial charge in [-0.3, -0.25) is 4.79 Å². The molecule has 1 saturated carbocycles. The van der Waals surface area contributed by atoms with Crippen molar-refractivity contribution in [1.82, 2.24) is 10.3 Å². The summed E-state index contributed by atoms with van der Waals surface area (Å²) in [4.78, 5) is 14.2. The van der Waals surface area contributed by atoms with E-state index in [1.165, 1.54) is 23.5 Å². The maximum absolute atomic E-state index is 13.7. The Bertz CT molecular complexity index is 758. The van der Waals surface area contributed by atoms with Crippen LogP contribution < -0.4 is 5.32 Å². The number of hydrogen-bond acceptors (Lipinski definition) is 1. The number of halogens is 6. The summed E-state index contributed by atoms with van der Waals surface area (Å²) in [6.45, 7) is 0. The van der Waals surface area contributed by atoms with Gasteiger partial charge in [-0.1, -0.05) is 18.2 Å². The van der Waals surface area contributed by atoms with E-state index in [0.29, 0.717) is 6.20 Å². The molecule has 0 spiro atoms. The van der Waals surface area contributed by atoms with Crippen LogP contribution in [-0.4, -0.2) is 23.2 Å². The lowest BCUT2D eigenvalue weighted by Gasteiger charge is -2.38. The van der Waals surface area contributed by atoms with Crippen molar-refractivity contribution >= 4 is 16.8 Å². The van der Waals surface area contributed by atoms with Crippen molar-refractivity contribution in [3.05, 3.63) is 36.0 Å². The topological polar surface area (TPSA) is 44.9 Å². The number of alkyl halides is 6. The fourth-order valence-corrected chi connectivity index (χ4v) is 2.69. The lowest BCUT2D eigenvalue weighted by Crippen LogP contribution is -2.65. The van der Waals surface area contributed by atoms with Crippen LogP contribution in [0.15, 0.2) is 30.5 Å². The second kappa shape index (κ2) is 5.15. The molecule has 3 nitrogen and oxygen atoms in total. The van der Waals surface area contributed by atoms with Crippen LogP contribution in [0.2, 0.25) is 0 Å². The van der Waals surface area contributed by atoms with Crippen molar-refractivity contribution in [2.75, 3.05) is 0 Å². The summed E-state index contributed by atoms with van der Waals surface area (Å²) >= 11 is 0. The average Bonchev–Trinajstić information content (AvgIpc) is 3.22. The molecule has 0 aliphatic heterocycles. The molecule has 2 aromatic rings. The fraction of sp³-hybridized carbons (Fsp3) is 0.400. The number of amides is 1. The number of hydrogen-bond donors (Lipinski definition) is 2. The third-order valence-corrected chi connectivity index (χ3v) is 4.10. The van der Waals surface area contributed by atoms with E-state index >= 15 is 0 Å². The number of H-pyrrole nitrogens is 1. The predicted octanol–water partition coefficient (Wildman–Crippen LogP) is 4.01. The molecule has 2 N–H and O–H groups in total. The number of carbonyl (C=O) groups is 1. The van der Waals surface area contributed by atoms with E-state index in [-0.39, 0.29) is 23.7 Å². The quantitative estimate of drug-likeness (QED) is 0.807. The molecular formula is C15H12F6N2O. The average molecular weight is 350 g/mol. The largest absolute Gasteiger partial charge is 0.424 e. The SMILES string of the molecule is O=C(NC(c1c[nH]c2ccccc12)(C(F)(F)F)C(F)(F)F)C1CC1. The van der Waals surface area contributed by atoms with E-state index in [4.69, 9.17) is 0 Å². The van der Waals surface area contributed by atoms with Gasteiger partial charge in [0.2, 0.25) is 5.91 Å². The van der Waals surface area contributed by atoms with Crippen LogP contribution in [0.4, 0.5) is 26.3 Å². The van der Waals surface area contributed by atoms with E-state index in [1.807, 2.05) is 0 Å². The minimum absolute atomic E-state index is 0.117. The molecule has 9 heteroatoms. The molecule has 0 saturated heterocycles. The molecule has 1 heterocycles. The van der Waals surface area contributed by atoms with Crippen LogP contribution in [0, 0.1) is 5.92 Å². The van der Waals surface area contributed by atoms with E-state index in [2.05, 4.69) is 4.98 Å². The summed E-state index contributed by atoms with van der Waals surface area (Å²) in [5, 5.41) is 1.01. The minimum atomic E-state index is -5.76. The monoisotopic (exact) mass is 350 g/mol. The molecule has 0 unspecified atom stereocenters. The normalized spacial score (nSPS) is 16.4. The highest BCUT2D eigenvalue weighted by Gasteiger charge is 2.73. The minimum Gasteiger partial charge on any atom is -0.361 e. The van der Waals surface area contributed by atoms with Crippen molar-refractivity contribution in [2.24, 2.45) is 5.92 Å². The van der Waals surface area contributed by atoms with Crippen molar-refractivity contribution in [3.8, 4) is 0 Å². The second-order valence-electron chi connectivity index (χ2n) is 5.76. The third-order valence-electron chi connectivity index (χ3n) is 4.10. The summed E-state index contributed by atoms with van der Waals surface area (Å²) < 4.78 is 81.9. The Morgan fingerprint density at radius 3 is 2.17 bits per heavy atom. The molecule has 1 fully saturated rings. The molecule has 1 amide bonds. The summed E-state index contributed by atoms with van der Waals surface area (Å²) in [5.41, 5.74) is -5.41. The number of para-hydroxylation sites is 1. The smallest absolute Gasteiger partial charge is 0.361 e. The van der Waals surface area contributed by atoms with Gasteiger partial charge in [0.15, 0.2) is 0 Å². The molecule has 1 aliphatic rings. The van der Waals surface area contributed by atoms with Crippen LogP contribution >= 0.6 is 0 Å². The summed E-state index contributed by atoms with van der Waals surface area (Å²) in [5.74, 6) is -2.05. The molecule has 0 radical (unpaired) electrons. The highest BCUT2D eigenvalue weighted by molar-refractivity contribution is 5.87. The zero-order valence-electron chi connectivity index (χ0n) is 12.1. The third kappa shape index (κ3) is 2.42. The van der Waals surface area contributed by atoms with E-state index < -0.39 is 35.3 Å². The van der Waals surface area contributed by atoms with Gasteiger partial charge in [-0.05, 0) is 18.9 Å². The van der Waals surface area contributed by atoms with Gasteiger partial charge in [-0.15, -0.1) is 0 Å². The van der Waals surface area contributed by atoms with Crippen molar-refractivity contribution in [3.63, 3.8) is 0 Å². The summed E-state index contributed by atoms with van der Waals surface area (Å²) in [6, 6.07) is 5.32. The number of benzene rings is 1. The molecular weight excluding hydrogens is 338 g/mol. The van der Waals surface area contributed by atoms with Gasteiger partial charge in [0, 0.05) is 28.6 Å². The van der Waals surface area contributed by atoms with Gasteiger partial charge in [0.05, 0.1) is 0 Å². The number of nitrogens with one attached hydrogen (secondary N) is 2. The Hall–Kier alpha value is -2.19. The standard InChI is InChI=1S/C15H12F6N2O/c16-14(17,18)13(15(19,20)21,23-12(24)8-5-6-8)10-7-22-11-4-2-1-3-9(10)11/h1-4,7-8,22H,5-6H2,(H,23,24). The zero-order valence-corrected chi connectivity index (χ0v) is 12.1. The number of aromatic amines is 1. The van der Waals surface area contributed by atoms with Gasteiger partial charge in [-0.2, -0.15) is 26.3 Å². The van der Waals surface area contributed by atoms with E-state index in [0.717, 1.165) is 6.07 Å². The number of fused-ring (bicyclic) bond motifs is 1. The lowest BCUT2D eigenvalue weighted by molar-refractivity contribution is -0.311. The summed E-state index contributed by atoms with van der Waals surface area (Å²) in [6.07, 6.45) is -10.3.